The van der Waals surface area contributed by atoms with Gasteiger partial charge < -0.3 is 10.0 Å². The summed E-state index contributed by atoms with van der Waals surface area (Å²) in [6, 6.07) is 5.88. The highest BCUT2D eigenvalue weighted by atomic mass is 32.2. The van der Waals surface area contributed by atoms with Gasteiger partial charge in [0, 0.05) is 19.1 Å². The summed E-state index contributed by atoms with van der Waals surface area (Å²) in [7, 11) is 0.0504. The van der Waals surface area contributed by atoms with Crippen molar-refractivity contribution < 1.29 is 18.3 Å². The minimum Gasteiger partial charge on any atom is -0.478 e. The minimum absolute atomic E-state index is 0.135. The topological polar surface area (TPSA) is 77.9 Å². The van der Waals surface area contributed by atoms with Crippen molar-refractivity contribution in [3.63, 3.8) is 0 Å². The van der Waals surface area contributed by atoms with Gasteiger partial charge >= 0.3 is 5.97 Å². The van der Waals surface area contributed by atoms with Crippen LogP contribution in [-0.4, -0.2) is 61.9 Å². The largest absolute Gasteiger partial charge is 0.478 e. The van der Waals surface area contributed by atoms with Gasteiger partial charge in [-0.2, -0.15) is 4.31 Å². The van der Waals surface area contributed by atoms with Crippen molar-refractivity contribution in [2.45, 2.75) is 17.9 Å². The van der Waals surface area contributed by atoms with Crippen LogP contribution >= 0.6 is 0 Å². The Morgan fingerprint density at radius 3 is 2.43 bits per heavy atom. The van der Waals surface area contributed by atoms with Crippen LogP contribution in [0.5, 0.6) is 0 Å². The Hall–Kier alpha value is -1.44. The monoisotopic (exact) mass is 312 g/mol. The Bertz CT molecular complexity index is 642. The molecule has 1 saturated heterocycles. The molecule has 1 aliphatic rings. The summed E-state index contributed by atoms with van der Waals surface area (Å²) in [5.74, 6) is -1.03. The summed E-state index contributed by atoms with van der Waals surface area (Å²) < 4.78 is 26.8. The van der Waals surface area contributed by atoms with Crippen LogP contribution in [0.2, 0.25) is 0 Å². The van der Waals surface area contributed by atoms with E-state index in [0.29, 0.717) is 13.1 Å². The first kappa shape index (κ1) is 15.9. The minimum atomic E-state index is -3.79. The molecule has 116 valence electrons. The van der Waals surface area contributed by atoms with Crippen LogP contribution in [0, 0.1) is 5.92 Å². The first-order valence-electron chi connectivity index (χ1n) is 6.74. The summed E-state index contributed by atoms with van der Waals surface area (Å²) in [6.07, 6.45) is 0. The van der Waals surface area contributed by atoms with E-state index in [1.54, 1.807) is 6.07 Å². The molecule has 0 amide bonds. The zero-order chi connectivity index (χ0) is 15.8. The average Bonchev–Trinajstić information content (AvgIpc) is 2.81. The molecule has 1 N–H and O–H groups in total. The molecule has 6 nitrogen and oxygen atoms in total. The third-order valence-corrected chi connectivity index (χ3v) is 5.83. The highest BCUT2D eigenvalue weighted by molar-refractivity contribution is 7.89. The highest BCUT2D eigenvalue weighted by Gasteiger charge is 2.39. The van der Waals surface area contributed by atoms with Gasteiger partial charge in [0.05, 0.1) is 10.5 Å². The fourth-order valence-corrected chi connectivity index (χ4v) is 4.52. The summed E-state index contributed by atoms with van der Waals surface area (Å²) in [5, 5.41) is 9.17. The molecule has 0 spiro atoms. The molecule has 2 atom stereocenters. The van der Waals surface area contributed by atoms with Crippen molar-refractivity contribution in [2.24, 2.45) is 5.92 Å². The molecule has 0 bridgehead atoms. The molecule has 1 aliphatic heterocycles. The number of carboxylic acids is 1. The smallest absolute Gasteiger partial charge is 0.337 e. The zero-order valence-corrected chi connectivity index (χ0v) is 13.2. The van der Waals surface area contributed by atoms with E-state index in [1.807, 2.05) is 25.9 Å². The number of carbonyl (C=O) groups is 1. The molecule has 21 heavy (non-hydrogen) atoms. The number of hydrogen-bond acceptors (Lipinski definition) is 4. The lowest BCUT2D eigenvalue weighted by molar-refractivity contribution is 0.0692. The van der Waals surface area contributed by atoms with E-state index in [9.17, 15) is 18.3 Å². The Morgan fingerprint density at radius 2 is 1.90 bits per heavy atom. The molecule has 1 aromatic carbocycles. The predicted octanol–water partition coefficient (Wildman–Crippen LogP) is 0.955. The van der Waals surface area contributed by atoms with Crippen molar-refractivity contribution >= 4 is 16.0 Å². The van der Waals surface area contributed by atoms with Gasteiger partial charge in [-0.05, 0) is 32.1 Å². The molecule has 2 rings (SSSR count). The van der Waals surface area contributed by atoms with Gasteiger partial charge in [-0.1, -0.05) is 19.1 Å². The number of aromatic carboxylic acids is 1. The lowest BCUT2D eigenvalue weighted by Gasteiger charge is -2.22. The second-order valence-electron chi connectivity index (χ2n) is 5.63. The number of likely N-dealkylation sites (N-methyl/N-ethyl adjacent to an activating group) is 1. The fraction of sp³-hybridized carbons (Fsp3) is 0.500. The maximum atomic E-state index is 12.7. The van der Waals surface area contributed by atoms with Crippen LogP contribution in [0.25, 0.3) is 0 Å². The third kappa shape index (κ3) is 2.95. The van der Waals surface area contributed by atoms with E-state index in [0.717, 1.165) is 0 Å². The number of sulfonamides is 1. The maximum Gasteiger partial charge on any atom is 0.337 e. The van der Waals surface area contributed by atoms with Crippen molar-refractivity contribution in [2.75, 3.05) is 27.2 Å². The quantitative estimate of drug-likeness (QED) is 0.896. The van der Waals surface area contributed by atoms with Gasteiger partial charge in [-0.15, -0.1) is 0 Å². The van der Waals surface area contributed by atoms with Gasteiger partial charge in [-0.25, -0.2) is 13.2 Å². The number of nitrogens with zero attached hydrogens (tertiary/aromatic N) is 2. The molecule has 1 aromatic rings. The first-order chi connectivity index (χ1) is 9.75. The normalized spacial score (nSPS) is 23.6. The van der Waals surface area contributed by atoms with Crippen LogP contribution in [0.3, 0.4) is 0 Å². The van der Waals surface area contributed by atoms with E-state index < -0.39 is 16.0 Å². The van der Waals surface area contributed by atoms with Crippen molar-refractivity contribution in [3.8, 4) is 0 Å². The molecular formula is C14H20N2O4S. The molecule has 1 fully saturated rings. The van der Waals surface area contributed by atoms with Crippen molar-refractivity contribution in [1.82, 2.24) is 9.21 Å². The maximum absolute atomic E-state index is 12.7. The summed E-state index contributed by atoms with van der Waals surface area (Å²) >= 11 is 0. The molecule has 2 unspecified atom stereocenters. The Balaban J connectivity index is 2.39. The summed E-state index contributed by atoms with van der Waals surface area (Å²) in [6.45, 7) is 2.78. The first-order valence-corrected chi connectivity index (χ1v) is 8.18. The molecule has 7 heteroatoms. The van der Waals surface area contributed by atoms with E-state index in [2.05, 4.69) is 0 Å². The molecule has 0 radical (unpaired) electrons. The molecule has 0 aliphatic carbocycles. The third-order valence-electron chi connectivity index (χ3n) is 3.94. The zero-order valence-electron chi connectivity index (χ0n) is 12.4. The molecule has 1 heterocycles. The van der Waals surface area contributed by atoms with E-state index in [4.69, 9.17) is 0 Å². The van der Waals surface area contributed by atoms with E-state index in [1.165, 1.54) is 22.5 Å². The van der Waals surface area contributed by atoms with Crippen molar-refractivity contribution in [3.05, 3.63) is 29.8 Å². The lowest BCUT2D eigenvalue weighted by Crippen LogP contribution is -2.36. The van der Waals surface area contributed by atoms with Gasteiger partial charge in [-0.3, -0.25) is 0 Å². The number of rotatable bonds is 4. The molecular weight excluding hydrogens is 292 g/mol. The fourth-order valence-electron chi connectivity index (χ4n) is 2.78. The predicted molar refractivity (Wildman–Crippen MR) is 78.8 cm³/mol. The van der Waals surface area contributed by atoms with Crippen molar-refractivity contribution in [1.29, 1.82) is 0 Å². The molecule has 0 aromatic heterocycles. The Labute approximate surface area is 125 Å². The standard InChI is InChI=1S/C14H20N2O4S/c1-10-8-16(9-12(10)15(2)3)21(19,20)13-7-5-4-6-11(13)14(17)18/h4-7,10,12H,8-9H2,1-3H3,(H,17,18). The Morgan fingerprint density at radius 1 is 1.29 bits per heavy atom. The van der Waals surface area contributed by atoms with E-state index in [-0.39, 0.29) is 22.4 Å². The van der Waals surface area contributed by atoms with Gasteiger partial charge in [0.2, 0.25) is 10.0 Å². The van der Waals surface area contributed by atoms with Crippen LogP contribution in [0.4, 0.5) is 0 Å². The average molecular weight is 312 g/mol. The number of carboxylic acid groups (broad SMARTS) is 1. The number of benzene rings is 1. The van der Waals surface area contributed by atoms with Crippen LogP contribution in [0.15, 0.2) is 29.2 Å². The SMILES string of the molecule is CC1CN(S(=O)(=O)c2ccccc2C(=O)O)CC1N(C)C. The second-order valence-corrected chi connectivity index (χ2v) is 7.54. The van der Waals surface area contributed by atoms with E-state index >= 15 is 0 Å². The summed E-state index contributed by atoms with van der Waals surface area (Å²) in [4.78, 5) is 13.1. The molecule has 0 saturated carbocycles. The van der Waals surface area contributed by atoms with Gasteiger partial charge in [0.1, 0.15) is 0 Å². The summed E-state index contributed by atoms with van der Waals surface area (Å²) in [5.41, 5.74) is -0.182. The lowest BCUT2D eigenvalue weighted by atomic mass is 10.1. The van der Waals surface area contributed by atoms with Crippen LogP contribution < -0.4 is 0 Å². The van der Waals surface area contributed by atoms with Gasteiger partial charge in [0.15, 0.2) is 0 Å². The van der Waals surface area contributed by atoms with Crippen LogP contribution in [0.1, 0.15) is 17.3 Å². The second kappa shape index (κ2) is 5.75. The van der Waals surface area contributed by atoms with Crippen LogP contribution in [-0.2, 0) is 10.0 Å². The highest BCUT2D eigenvalue weighted by Crippen LogP contribution is 2.28. The Kier molecular flexibility index (Phi) is 4.36. The van der Waals surface area contributed by atoms with Gasteiger partial charge in [0.25, 0.3) is 0 Å². The number of hydrogen-bond donors (Lipinski definition) is 1.